The van der Waals surface area contributed by atoms with Crippen LogP contribution in [0.4, 0.5) is 5.69 Å². The van der Waals surface area contributed by atoms with Crippen LogP contribution >= 0.6 is 15.9 Å². The van der Waals surface area contributed by atoms with E-state index in [0.717, 1.165) is 0 Å². The molecule has 15 heavy (non-hydrogen) atoms. The number of hydrogen-bond acceptors (Lipinski definition) is 3. The fourth-order valence-corrected chi connectivity index (χ4v) is 1.75. The molecule has 80 valence electrons. The van der Waals surface area contributed by atoms with Crippen LogP contribution in [0.2, 0.25) is 0 Å². The Morgan fingerprint density at radius 1 is 1.60 bits per heavy atom. The molecule has 1 rings (SSSR count). The second kappa shape index (κ2) is 4.39. The number of nitrogens with zero attached hydrogens (tertiary/aromatic N) is 1. The monoisotopic (exact) mass is 273 g/mol. The van der Waals surface area contributed by atoms with Crippen LogP contribution in [0.5, 0.6) is 0 Å². The molecular weight excluding hydrogens is 266 g/mol. The lowest BCUT2D eigenvalue weighted by atomic mass is 10.0. The SMILES string of the molecule is Cc1c(CC(=O)O)cc(Br)cc1[N+](=O)[O-]. The van der Waals surface area contributed by atoms with Crippen LogP contribution in [0.15, 0.2) is 16.6 Å². The first-order valence-corrected chi connectivity index (χ1v) is 4.86. The number of rotatable bonds is 3. The van der Waals surface area contributed by atoms with E-state index in [-0.39, 0.29) is 12.1 Å². The van der Waals surface area contributed by atoms with Crippen molar-refractivity contribution in [3.05, 3.63) is 37.8 Å². The predicted molar refractivity (Wildman–Crippen MR) is 56.9 cm³/mol. The summed E-state index contributed by atoms with van der Waals surface area (Å²) in [5.41, 5.74) is 0.773. The van der Waals surface area contributed by atoms with Gasteiger partial charge >= 0.3 is 5.97 Å². The van der Waals surface area contributed by atoms with Crippen molar-refractivity contribution in [1.82, 2.24) is 0 Å². The lowest BCUT2D eigenvalue weighted by Gasteiger charge is -2.04. The largest absolute Gasteiger partial charge is 0.481 e. The highest BCUT2D eigenvalue weighted by atomic mass is 79.9. The van der Waals surface area contributed by atoms with Crippen molar-refractivity contribution in [2.75, 3.05) is 0 Å². The molecule has 0 aromatic heterocycles. The number of halogens is 1. The lowest BCUT2D eigenvalue weighted by molar-refractivity contribution is -0.385. The van der Waals surface area contributed by atoms with Crippen molar-refractivity contribution in [2.45, 2.75) is 13.3 Å². The Morgan fingerprint density at radius 3 is 2.67 bits per heavy atom. The van der Waals surface area contributed by atoms with Crippen molar-refractivity contribution in [3.63, 3.8) is 0 Å². The summed E-state index contributed by atoms with van der Waals surface area (Å²) in [4.78, 5) is 20.7. The minimum atomic E-state index is -1.01. The molecule has 0 fully saturated rings. The smallest absolute Gasteiger partial charge is 0.307 e. The first-order valence-electron chi connectivity index (χ1n) is 4.07. The average molecular weight is 274 g/mol. The molecule has 1 N–H and O–H groups in total. The summed E-state index contributed by atoms with van der Waals surface area (Å²) >= 11 is 3.11. The summed E-state index contributed by atoms with van der Waals surface area (Å²) in [5, 5.41) is 19.3. The third kappa shape index (κ3) is 2.76. The van der Waals surface area contributed by atoms with Crippen LogP contribution in [0.3, 0.4) is 0 Å². The summed E-state index contributed by atoms with van der Waals surface area (Å²) in [7, 11) is 0. The molecular formula is C9H8BrNO4. The Labute approximate surface area is 94.0 Å². The van der Waals surface area contributed by atoms with E-state index >= 15 is 0 Å². The number of hydrogen-bond donors (Lipinski definition) is 1. The molecule has 0 spiro atoms. The minimum absolute atomic E-state index is 0.0689. The molecule has 0 saturated heterocycles. The molecule has 1 aromatic carbocycles. The second-order valence-electron chi connectivity index (χ2n) is 3.04. The van der Waals surface area contributed by atoms with E-state index in [2.05, 4.69) is 15.9 Å². The number of nitro groups is 1. The standard InChI is InChI=1S/C9H8BrNO4/c1-5-6(3-9(12)13)2-7(10)4-8(5)11(14)15/h2,4H,3H2,1H3,(H,12,13). The van der Waals surface area contributed by atoms with Gasteiger partial charge in [-0.25, -0.2) is 0 Å². The molecule has 0 aliphatic carbocycles. The molecule has 0 heterocycles. The van der Waals surface area contributed by atoms with Gasteiger partial charge in [-0.05, 0) is 18.6 Å². The van der Waals surface area contributed by atoms with Crippen LogP contribution in [0.1, 0.15) is 11.1 Å². The van der Waals surface area contributed by atoms with Gasteiger partial charge in [0.05, 0.1) is 11.3 Å². The van der Waals surface area contributed by atoms with Gasteiger partial charge in [-0.2, -0.15) is 0 Å². The Kier molecular flexibility index (Phi) is 3.41. The lowest BCUT2D eigenvalue weighted by Crippen LogP contribution is -2.04. The Morgan fingerprint density at radius 2 is 2.20 bits per heavy atom. The van der Waals surface area contributed by atoms with Crippen LogP contribution in [0.25, 0.3) is 0 Å². The summed E-state index contributed by atoms with van der Waals surface area (Å²) < 4.78 is 0.510. The number of carbonyl (C=O) groups is 1. The van der Waals surface area contributed by atoms with E-state index in [1.807, 2.05) is 0 Å². The normalized spacial score (nSPS) is 10.0. The molecule has 1 aromatic rings. The zero-order valence-electron chi connectivity index (χ0n) is 7.86. The summed E-state index contributed by atoms with van der Waals surface area (Å²) in [6, 6.07) is 2.94. The average Bonchev–Trinajstić information content (AvgIpc) is 2.09. The van der Waals surface area contributed by atoms with Gasteiger partial charge in [-0.3, -0.25) is 14.9 Å². The molecule has 0 unspecified atom stereocenters. The van der Waals surface area contributed by atoms with E-state index in [1.165, 1.54) is 6.07 Å². The highest BCUT2D eigenvalue weighted by molar-refractivity contribution is 9.10. The van der Waals surface area contributed by atoms with Gasteiger partial charge in [0.15, 0.2) is 0 Å². The molecule has 5 nitrogen and oxygen atoms in total. The molecule has 6 heteroatoms. The predicted octanol–water partition coefficient (Wildman–Crippen LogP) is 2.29. The van der Waals surface area contributed by atoms with E-state index < -0.39 is 10.9 Å². The van der Waals surface area contributed by atoms with E-state index in [0.29, 0.717) is 15.6 Å². The molecule has 0 radical (unpaired) electrons. The van der Waals surface area contributed by atoms with Crippen molar-refractivity contribution in [2.24, 2.45) is 0 Å². The van der Waals surface area contributed by atoms with Crippen LogP contribution < -0.4 is 0 Å². The van der Waals surface area contributed by atoms with E-state index in [4.69, 9.17) is 5.11 Å². The van der Waals surface area contributed by atoms with Gasteiger partial charge in [-0.15, -0.1) is 0 Å². The fraction of sp³-hybridized carbons (Fsp3) is 0.222. The summed E-state index contributed by atoms with van der Waals surface area (Å²) in [6.45, 7) is 1.54. The van der Waals surface area contributed by atoms with Crippen LogP contribution in [-0.2, 0) is 11.2 Å². The number of nitro benzene ring substituents is 1. The number of carboxylic acids is 1. The maximum Gasteiger partial charge on any atom is 0.307 e. The zero-order chi connectivity index (χ0) is 11.6. The molecule has 0 aliphatic heterocycles. The topological polar surface area (TPSA) is 80.4 Å². The first kappa shape index (κ1) is 11.6. The van der Waals surface area contributed by atoms with E-state index in [9.17, 15) is 14.9 Å². The van der Waals surface area contributed by atoms with Crippen LogP contribution in [0, 0.1) is 17.0 Å². The maximum atomic E-state index is 10.6. The van der Waals surface area contributed by atoms with Crippen molar-refractivity contribution >= 4 is 27.6 Å². The highest BCUT2D eigenvalue weighted by Crippen LogP contribution is 2.27. The second-order valence-corrected chi connectivity index (χ2v) is 3.95. The molecule has 0 bridgehead atoms. The van der Waals surface area contributed by atoms with Crippen molar-refractivity contribution in [1.29, 1.82) is 0 Å². The van der Waals surface area contributed by atoms with Gasteiger partial charge in [0.25, 0.3) is 5.69 Å². The fourth-order valence-electron chi connectivity index (χ4n) is 1.26. The van der Waals surface area contributed by atoms with Crippen LogP contribution in [-0.4, -0.2) is 16.0 Å². The third-order valence-corrected chi connectivity index (χ3v) is 2.45. The number of benzene rings is 1. The van der Waals surface area contributed by atoms with Gasteiger partial charge in [0.2, 0.25) is 0 Å². The first-order chi connectivity index (χ1) is 6.91. The number of aliphatic carboxylic acids is 1. The van der Waals surface area contributed by atoms with Crippen molar-refractivity contribution in [3.8, 4) is 0 Å². The molecule has 0 saturated carbocycles. The van der Waals surface area contributed by atoms with Gasteiger partial charge < -0.3 is 5.11 Å². The third-order valence-electron chi connectivity index (χ3n) is 1.99. The summed E-state index contributed by atoms with van der Waals surface area (Å²) in [6.07, 6.45) is -0.216. The molecule has 0 aliphatic rings. The number of carboxylic acid groups (broad SMARTS) is 1. The zero-order valence-corrected chi connectivity index (χ0v) is 9.44. The summed E-state index contributed by atoms with van der Waals surface area (Å²) in [5.74, 6) is -1.01. The Bertz CT molecular complexity index is 430. The molecule has 0 atom stereocenters. The highest BCUT2D eigenvalue weighted by Gasteiger charge is 2.16. The van der Waals surface area contributed by atoms with Gasteiger partial charge in [0.1, 0.15) is 0 Å². The van der Waals surface area contributed by atoms with Gasteiger partial charge in [0, 0.05) is 16.1 Å². The van der Waals surface area contributed by atoms with Gasteiger partial charge in [-0.1, -0.05) is 15.9 Å². The minimum Gasteiger partial charge on any atom is -0.481 e. The van der Waals surface area contributed by atoms with E-state index in [1.54, 1.807) is 13.0 Å². The molecule has 0 amide bonds. The maximum absolute atomic E-state index is 10.6. The van der Waals surface area contributed by atoms with Crippen molar-refractivity contribution < 1.29 is 14.8 Å². The quantitative estimate of drug-likeness (QED) is 0.677. The Hall–Kier alpha value is -1.43. The Balaban J connectivity index is 3.28.